The lowest BCUT2D eigenvalue weighted by atomic mass is 10.1. The number of anilines is 2. The number of nitrogens with zero attached hydrogens (tertiary/aromatic N) is 2. The Hall–Kier alpha value is -2.96. The van der Waals surface area contributed by atoms with Crippen LogP contribution in [0.3, 0.4) is 0 Å². The van der Waals surface area contributed by atoms with Crippen molar-refractivity contribution in [3.05, 3.63) is 59.7 Å². The van der Waals surface area contributed by atoms with Crippen molar-refractivity contribution >= 4 is 23.2 Å². The van der Waals surface area contributed by atoms with Crippen LogP contribution in [0, 0.1) is 11.6 Å². The van der Waals surface area contributed by atoms with Gasteiger partial charge in [0.25, 0.3) is 5.91 Å². The average Bonchev–Trinajstić information content (AvgIpc) is 2.64. The Morgan fingerprint density at radius 3 is 2.15 bits per heavy atom. The first-order valence-corrected chi connectivity index (χ1v) is 8.31. The monoisotopic (exact) mass is 359 g/mol. The fourth-order valence-corrected chi connectivity index (χ4v) is 2.94. The molecule has 0 saturated carbocycles. The largest absolute Gasteiger partial charge is 0.368 e. The van der Waals surface area contributed by atoms with Crippen LogP contribution in [0.4, 0.5) is 20.2 Å². The molecular weight excluding hydrogens is 340 g/mol. The molecule has 0 aromatic heterocycles. The summed E-state index contributed by atoms with van der Waals surface area (Å²) in [6, 6.07) is 10.7. The molecule has 26 heavy (non-hydrogen) atoms. The quantitative estimate of drug-likeness (QED) is 0.917. The smallest absolute Gasteiger partial charge is 0.254 e. The van der Waals surface area contributed by atoms with Gasteiger partial charge in [-0.05, 0) is 42.5 Å². The molecule has 0 radical (unpaired) electrons. The van der Waals surface area contributed by atoms with Gasteiger partial charge in [-0.2, -0.15) is 0 Å². The third kappa shape index (κ3) is 3.99. The van der Waals surface area contributed by atoms with Crippen LogP contribution >= 0.6 is 0 Å². The molecule has 0 spiro atoms. The Morgan fingerprint density at radius 2 is 1.58 bits per heavy atom. The number of amides is 2. The van der Waals surface area contributed by atoms with E-state index >= 15 is 0 Å². The van der Waals surface area contributed by atoms with Crippen molar-refractivity contribution in [2.75, 3.05) is 36.4 Å². The number of nitrogens with one attached hydrogen (secondary N) is 1. The first-order valence-electron chi connectivity index (χ1n) is 8.31. The topological polar surface area (TPSA) is 52.7 Å². The van der Waals surface area contributed by atoms with Crippen molar-refractivity contribution in [3.63, 3.8) is 0 Å². The van der Waals surface area contributed by atoms with Gasteiger partial charge in [-0.3, -0.25) is 9.59 Å². The molecule has 5 nitrogen and oxygen atoms in total. The standard InChI is InChI=1S/C19H19F2N3O2/c1-13(25)22-15-3-5-16(6-4-15)23-8-10-24(11-9-23)19(26)14-2-7-17(20)18(21)12-14/h2-7,12H,8-11H2,1H3,(H,22,25). The molecule has 0 unspecified atom stereocenters. The zero-order valence-corrected chi connectivity index (χ0v) is 14.3. The van der Waals surface area contributed by atoms with E-state index < -0.39 is 11.6 Å². The van der Waals surface area contributed by atoms with Crippen LogP contribution in [0.25, 0.3) is 0 Å². The molecular formula is C19H19F2N3O2. The zero-order chi connectivity index (χ0) is 18.7. The van der Waals surface area contributed by atoms with Gasteiger partial charge in [0.15, 0.2) is 11.6 Å². The number of hydrogen-bond acceptors (Lipinski definition) is 3. The van der Waals surface area contributed by atoms with Crippen molar-refractivity contribution in [3.8, 4) is 0 Å². The van der Waals surface area contributed by atoms with E-state index in [1.54, 1.807) is 4.90 Å². The minimum Gasteiger partial charge on any atom is -0.368 e. The fraction of sp³-hybridized carbons (Fsp3) is 0.263. The van der Waals surface area contributed by atoms with Crippen LogP contribution in [-0.4, -0.2) is 42.9 Å². The number of rotatable bonds is 3. The summed E-state index contributed by atoms with van der Waals surface area (Å²) in [7, 11) is 0. The number of carbonyl (C=O) groups is 2. The Kier molecular flexibility index (Phi) is 5.16. The van der Waals surface area contributed by atoms with Crippen LogP contribution in [0.1, 0.15) is 17.3 Å². The molecule has 2 aromatic carbocycles. The van der Waals surface area contributed by atoms with E-state index in [1.807, 2.05) is 24.3 Å². The van der Waals surface area contributed by atoms with Gasteiger partial charge in [0.2, 0.25) is 5.91 Å². The van der Waals surface area contributed by atoms with E-state index in [1.165, 1.54) is 13.0 Å². The van der Waals surface area contributed by atoms with E-state index in [0.29, 0.717) is 26.2 Å². The Morgan fingerprint density at radius 1 is 0.923 bits per heavy atom. The molecule has 0 bridgehead atoms. The molecule has 0 atom stereocenters. The lowest BCUT2D eigenvalue weighted by Gasteiger charge is -2.36. The zero-order valence-electron chi connectivity index (χ0n) is 14.3. The minimum atomic E-state index is -1.02. The van der Waals surface area contributed by atoms with Gasteiger partial charge >= 0.3 is 0 Å². The van der Waals surface area contributed by atoms with Crippen molar-refractivity contribution < 1.29 is 18.4 Å². The molecule has 2 aromatic rings. The lowest BCUT2D eigenvalue weighted by molar-refractivity contribution is -0.114. The van der Waals surface area contributed by atoms with Crippen molar-refractivity contribution in [2.24, 2.45) is 0 Å². The molecule has 1 fully saturated rings. The maximum atomic E-state index is 13.3. The number of halogens is 2. The molecule has 7 heteroatoms. The third-order valence-corrected chi connectivity index (χ3v) is 4.29. The summed E-state index contributed by atoms with van der Waals surface area (Å²) in [4.78, 5) is 27.3. The highest BCUT2D eigenvalue weighted by atomic mass is 19.2. The molecule has 1 N–H and O–H groups in total. The molecule has 1 aliphatic heterocycles. The normalized spacial score (nSPS) is 14.3. The van der Waals surface area contributed by atoms with Gasteiger partial charge in [-0.1, -0.05) is 0 Å². The first-order chi connectivity index (χ1) is 12.4. The summed E-state index contributed by atoms with van der Waals surface area (Å²) in [6.45, 7) is 3.71. The Bertz CT molecular complexity index is 816. The van der Waals surface area contributed by atoms with Crippen LogP contribution < -0.4 is 10.2 Å². The van der Waals surface area contributed by atoms with E-state index in [0.717, 1.165) is 23.5 Å². The van der Waals surface area contributed by atoms with E-state index in [9.17, 15) is 18.4 Å². The van der Waals surface area contributed by atoms with Crippen LogP contribution in [0.15, 0.2) is 42.5 Å². The average molecular weight is 359 g/mol. The van der Waals surface area contributed by atoms with Gasteiger partial charge in [0.1, 0.15) is 0 Å². The highest BCUT2D eigenvalue weighted by Crippen LogP contribution is 2.20. The third-order valence-electron chi connectivity index (χ3n) is 4.29. The van der Waals surface area contributed by atoms with Gasteiger partial charge in [-0.15, -0.1) is 0 Å². The van der Waals surface area contributed by atoms with Crippen LogP contribution in [0.5, 0.6) is 0 Å². The predicted molar refractivity (Wildman–Crippen MR) is 95.2 cm³/mol. The van der Waals surface area contributed by atoms with E-state index in [-0.39, 0.29) is 17.4 Å². The van der Waals surface area contributed by atoms with Crippen molar-refractivity contribution in [1.29, 1.82) is 0 Å². The number of hydrogen-bond donors (Lipinski definition) is 1. The highest BCUT2D eigenvalue weighted by Gasteiger charge is 2.23. The Labute approximate surface area is 150 Å². The number of carbonyl (C=O) groups excluding carboxylic acids is 2. The summed E-state index contributed by atoms with van der Waals surface area (Å²) in [5, 5.41) is 2.72. The molecule has 2 amide bonds. The summed E-state index contributed by atoms with van der Waals surface area (Å²) < 4.78 is 26.3. The number of benzene rings is 2. The van der Waals surface area contributed by atoms with Crippen LogP contribution in [-0.2, 0) is 4.79 Å². The van der Waals surface area contributed by atoms with Crippen molar-refractivity contribution in [2.45, 2.75) is 6.92 Å². The highest BCUT2D eigenvalue weighted by molar-refractivity contribution is 5.94. The summed E-state index contributed by atoms with van der Waals surface area (Å²) >= 11 is 0. The maximum absolute atomic E-state index is 13.3. The van der Waals surface area contributed by atoms with Crippen LogP contribution in [0.2, 0.25) is 0 Å². The second kappa shape index (κ2) is 7.51. The SMILES string of the molecule is CC(=O)Nc1ccc(N2CCN(C(=O)c3ccc(F)c(F)c3)CC2)cc1. The summed E-state index contributed by atoms with van der Waals surface area (Å²) in [6.07, 6.45) is 0. The summed E-state index contributed by atoms with van der Waals surface area (Å²) in [5.41, 5.74) is 1.88. The first kappa shape index (κ1) is 17.8. The van der Waals surface area contributed by atoms with E-state index in [2.05, 4.69) is 10.2 Å². The van der Waals surface area contributed by atoms with E-state index in [4.69, 9.17) is 0 Å². The lowest BCUT2D eigenvalue weighted by Crippen LogP contribution is -2.48. The second-order valence-corrected chi connectivity index (χ2v) is 6.14. The molecule has 1 heterocycles. The fourth-order valence-electron chi connectivity index (χ4n) is 2.94. The molecule has 3 rings (SSSR count). The molecule has 1 aliphatic rings. The minimum absolute atomic E-state index is 0.123. The molecule has 136 valence electrons. The van der Waals surface area contributed by atoms with Gasteiger partial charge in [0.05, 0.1) is 0 Å². The maximum Gasteiger partial charge on any atom is 0.254 e. The van der Waals surface area contributed by atoms with Gasteiger partial charge < -0.3 is 15.1 Å². The summed E-state index contributed by atoms with van der Waals surface area (Å²) in [5.74, 6) is -2.41. The van der Waals surface area contributed by atoms with Gasteiger partial charge in [0, 0.05) is 50.0 Å². The predicted octanol–water partition coefficient (Wildman–Crippen LogP) is 2.89. The second-order valence-electron chi connectivity index (χ2n) is 6.14. The molecule has 0 aliphatic carbocycles. The van der Waals surface area contributed by atoms with Gasteiger partial charge in [-0.25, -0.2) is 8.78 Å². The molecule has 1 saturated heterocycles. The van der Waals surface area contributed by atoms with Crippen molar-refractivity contribution in [1.82, 2.24) is 4.90 Å². The Balaban J connectivity index is 1.60. The number of piperazine rings is 1.